The van der Waals surface area contributed by atoms with Gasteiger partial charge in [0, 0.05) is 18.7 Å². The van der Waals surface area contributed by atoms with Gasteiger partial charge in [0.2, 0.25) is 5.91 Å². The highest BCUT2D eigenvalue weighted by atomic mass is 35.5. The average Bonchev–Trinajstić information content (AvgIpc) is 2.54. The third-order valence-electron chi connectivity index (χ3n) is 4.30. The van der Waals surface area contributed by atoms with Crippen molar-refractivity contribution < 1.29 is 9.53 Å². The average molecular weight is 325 g/mol. The Balaban J connectivity index is 1.77. The Kier molecular flexibility index (Phi) is 6.68. The van der Waals surface area contributed by atoms with Crippen molar-refractivity contribution in [1.82, 2.24) is 10.6 Å². The monoisotopic (exact) mass is 324 g/mol. The van der Waals surface area contributed by atoms with Crippen molar-refractivity contribution >= 4 is 17.5 Å². The highest BCUT2D eigenvalue weighted by molar-refractivity contribution is 6.30. The van der Waals surface area contributed by atoms with Crippen LogP contribution in [-0.2, 0) is 16.0 Å². The molecular formula is C17H25ClN2O2. The molecular weight excluding hydrogens is 300 g/mol. The smallest absolute Gasteiger partial charge is 0.228 e. The quantitative estimate of drug-likeness (QED) is 0.757. The van der Waals surface area contributed by atoms with Crippen molar-refractivity contribution in [3.05, 3.63) is 34.9 Å². The van der Waals surface area contributed by atoms with Gasteiger partial charge in [0.15, 0.2) is 0 Å². The molecule has 0 saturated carbocycles. The van der Waals surface area contributed by atoms with Gasteiger partial charge in [-0.05, 0) is 56.5 Å². The Labute approximate surface area is 137 Å². The zero-order valence-electron chi connectivity index (χ0n) is 13.2. The first-order valence-electron chi connectivity index (χ1n) is 7.89. The summed E-state index contributed by atoms with van der Waals surface area (Å²) in [6.45, 7) is 2.95. The van der Waals surface area contributed by atoms with Crippen molar-refractivity contribution in [1.29, 1.82) is 0 Å². The summed E-state index contributed by atoms with van der Waals surface area (Å²) in [5, 5.41) is 7.14. The van der Waals surface area contributed by atoms with Gasteiger partial charge in [-0.2, -0.15) is 0 Å². The van der Waals surface area contributed by atoms with Gasteiger partial charge in [0.05, 0.1) is 12.0 Å². The van der Waals surface area contributed by atoms with E-state index < -0.39 is 0 Å². The molecule has 2 rings (SSSR count). The SMILES string of the molecule is COCC1(C(=O)NCCCc2ccc(Cl)cc2)CCNCC1. The highest BCUT2D eigenvalue weighted by Gasteiger charge is 2.39. The fourth-order valence-corrected chi connectivity index (χ4v) is 3.08. The summed E-state index contributed by atoms with van der Waals surface area (Å²) >= 11 is 5.87. The van der Waals surface area contributed by atoms with Crippen LogP contribution < -0.4 is 10.6 Å². The zero-order chi connectivity index (χ0) is 15.8. The second kappa shape index (κ2) is 8.51. The number of methoxy groups -OCH3 is 1. The largest absolute Gasteiger partial charge is 0.384 e. The van der Waals surface area contributed by atoms with Crippen LogP contribution in [-0.4, -0.2) is 39.3 Å². The van der Waals surface area contributed by atoms with E-state index in [1.165, 1.54) is 5.56 Å². The predicted octanol–water partition coefficient (Wildman–Crippen LogP) is 2.41. The maximum atomic E-state index is 12.5. The van der Waals surface area contributed by atoms with Gasteiger partial charge in [0.1, 0.15) is 0 Å². The number of hydrogen-bond donors (Lipinski definition) is 2. The molecule has 0 atom stereocenters. The number of ether oxygens (including phenoxy) is 1. The summed E-state index contributed by atoms with van der Waals surface area (Å²) in [6, 6.07) is 7.86. The number of hydrogen-bond acceptors (Lipinski definition) is 3. The van der Waals surface area contributed by atoms with Crippen LogP contribution in [0.5, 0.6) is 0 Å². The summed E-state index contributed by atoms with van der Waals surface area (Å²) in [7, 11) is 1.66. The number of halogens is 1. The number of rotatable bonds is 7. The Bertz CT molecular complexity index is 465. The van der Waals surface area contributed by atoms with Gasteiger partial charge in [0.25, 0.3) is 0 Å². The van der Waals surface area contributed by atoms with Crippen molar-refractivity contribution in [3.63, 3.8) is 0 Å². The first-order chi connectivity index (χ1) is 10.7. The lowest BCUT2D eigenvalue weighted by Crippen LogP contribution is -2.50. The van der Waals surface area contributed by atoms with Crippen LogP contribution in [0.25, 0.3) is 0 Å². The van der Waals surface area contributed by atoms with Crippen molar-refractivity contribution in [2.24, 2.45) is 5.41 Å². The Morgan fingerprint density at radius 1 is 1.32 bits per heavy atom. The second-order valence-electron chi connectivity index (χ2n) is 5.95. The number of carbonyl (C=O) groups is 1. The molecule has 1 aliphatic heterocycles. The lowest BCUT2D eigenvalue weighted by atomic mass is 9.78. The van der Waals surface area contributed by atoms with Crippen molar-refractivity contribution in [3.8, 4) is 0 Å². The Hall–Kier alpha value is -1.10. The van der Waals surface area contributed by atoms with Gasteiger partial charge >= 0.3 is 0 Å². The number of nitrogens with one attached hydrogen (secondary N) is 2. The summed E-state index contributed by atoms with van der Waals surface area (Å²) < 4.78 is 5.29. The van der Waals surface area contributed by atoms with Crippen LogP contribution >= 0.6 is 11.6 Å². The number of carbonyl (C=O) groups excluding carboxylic acids is 1. The number of aryl methyl sites for hydroxylation is 1. The van der Waals surface area contributed by atoms with Gasteiger partial charge in [-0.1, -0.05) is 23.7 Å². The molecule has 0 aliphatic carbocycles. The molecule has 1 saturated heterocycles. The Morgan fingerprint density at radius 3 is 2.64 bits per heavy atom. The Morgan fingerprint density at radius 2 is 2.00 bits per heavy atom. The minimum Gasteiger partial charge on any atom is -0.384 e. The predicted molar refractivity (Wildman–Crippen MR) is 89.2 cm³/mol. The summed E-state index contributed by atoms with van der Waals surface area (Å²) in [4.78, 5) is 12.5. The molecule has 4 nitrogen and oxygen atoms in total. The molecule has 1 heterocycles. The standard InChI is InChI=1S/C17H25ClN2O2/c1-22-13-17(8-11-19-12-9-17)16(21)20-10-2-3-14-4-6-15(18)7-5-14/h4-7,19H,2-3,8-13H2,1H3,(H,20,21). The first-order valence-corrected chi connectivity index (χ1v) is 8.26. The van der Waals surface area contributed by atoms with E-state index in [0.29, 0.717) is 13.2 Å². The van der Waals surface area contributed by atoms with E-state index in [1.807, 2.05) is 24.3 Å². The fourth-order valence-electron chi connectivity index (χ4n) is 2.95. The van der Waals surface area contributed by atoms with Gasteiger partial charge in [-0.3, -0.25) is 4.79 Å². The van der Waals surface area contributed by atoms with E-state index in [-0.39, 0.29) is 11.3 Å². The van der Waals surface area contributed by atoms with Crippen LogP contribution in [0.4, 0.5) is 0 Å². The molecule has 0 aromatic heterocycles. The minimum absolute atomic E-state index is 0.131. The molecule has 0 bridgehead atoms. The molecule has 1 aliphatic rings. The molecule has 1 aromatic carbocycles. The molecule has 0 spiro atoms. The third-order valence-corrected chi connectivity index (χ3v) is 4.56. The number of amides is 1. The van der Waals surface area contributed by atoms with E-state index in [0.717, 1.165) is 43.8 Å². The summed E-state index contributed by atoms with van der Waals surface area (Å²) in [5.74, 6) is 0.131. The van der Waals surface area contributed by atoms with Crippen molar-refractivity contribution in [2.45, 2.75) is 25.7 Å². The maximum absolute atomic E-state index is 12.5. The lowest BCUT2D eigenvalue weighted by molar-refractivity contribution is -0.136. The number of piperidine rings is 1. The van der Waals surface area contributed by atoms with Crippen LogP contribution in [0.1, 0.15) is 24.8 Å². The molecule has 2 N–H and O–H groups in total. The molecule has 122 valence electrons. The summed E-state index contributed by atoms with van der Waals surface area (Å²) in [5.41, 5.74) is 0.882. The molecule has 1 aromatic rings. The van der Waals surface area contributed by atoms with Crippen LogP contribution in [0.15, 0.2) is 24.3 Å². The van der Waals surface area contributed by atoms with Gasteiger partial charge in [-0.25, -0.2) is 0 Å². The van der Waals surface area contributed by atoms with E-state index in [2.05, 4.69) is 10.6 Å². The lowest BCUT2D eigenvalue weighted by Gasteiger charge is -2.35. The second-order valence-corrected chi connectivity index (χ2v) is 6.39. The fraction of sp³-hybridized carbons (Fsp3) is 0.588. The van der Waals surface area contributed by atoms with E-state index in [9.17, 15) is 4.79 Å². The summed E-state index contributed by atoms with van der Waals surface area (Å²) in [6.07, 6.45) is 3.54. The molecule has 5 heteroatoms. The first kappa shape index (κ1) is 17.3. The van der Waals surface area contributed by atoms with Gasteiger partial charge < -0.3 is 15.4 Å². The molecule has 0 radical (unpaired) electrons. The molecule has 1 fully saturated rings. The van der Waals surface area contributed by atoms with Gasteiger partial charge in [-0.15, -0.1) is 0 Å². The number of benzene rings is 1. The topological polar surface area (TPSA) is 50.4 Å². The molecule has 1 amide bonds. The molecule has 22 heavy (non-hydrogen) atoms. The van der Waals surface area contributed by atoms with Crippen molar-refractivity contribution in [2.75, 3.05) is 33.4 Å². The van der Waals surface area contributed by atoms with Crippen LogP contribution in [0.2, 0.25) is 5.02 Å². The van der Waals surface area contributed by atoms with Crippen LogP contribution in [0, 0.1) is 5.41 Å². The zero-order valence-corrected chi connectivity index (χ0v) is 13.9. The molecule has 0 unspecified atom stereocenters. The highest BCUT2D eigenvalue weighted by Crippen LogP contribution is 2.29. The maximum Gasteiger partial charge on any atom is 0.228 e. The van der Waals surface area contributed by atoms with Crippen LogP contribution in [0.3, 0.4) is 0 Å². The van der Waals surface area contributed by atoms with E-state index >= 15 is 0 Å². The minimum atomic E-state index is -0.361. The normalized spacial score (nSPS) is 17.2. The third kappa shape index (κ3) is 4.70. The van der Waals surface area contributed by atoms with E-state index in [4.69, 9.17) is 16.3 Å². The van der Waals surface area contributed by atoms with E-state index in [1.54, 1.807) is 7.11 Å².